The Morgan fingerprint density at radius 2 is 1.98 bits per heavy atom. The van der Waals surface area contributed by atoms with E-state index in [9.17, 15) is 0 Å². The van der Waals surface area contributed by atoms with Crippen molar-refractivity contribution in [2.45, 2.75) is 51.7 Å². The van der Waals surface area contributed by atoms with Crippen LogP contribution in [0.3, 0.4) is 0 Å². The van der Waals surface area contributed by atoms with Crippen molar-refractivity contribution in [3.63, 3.8) is 0 Å². The maximum absolute atomic E-state index is 6.63. The minimum absolute atomic E-state index is 0.205. The quantitative estimate of drug-likeness (QED) is 0.199. The summed E-state index contributed by atoms with van der Waals surface area (Å²) >= 11 is 13.0. The van der Waals surface area contributed by atoms with Gasteiger partial charge in [-0.3, -0.25) is 0 Å². The Labute approximate surface area is 254 Å². The monoisotopic (exact) mass is 605 g/mol. The van der Waals surface area contributed by atoms with Gasteiger partial charge in [0, 0.05) is 37.1 Å². The summed E-state index contributed by atoms with van der Waals surface area (Å²) in [6, 6.07) is 11.6. The first kappa shape index (κ1) is 27.4. The number of halogens is 2. The Hall–Kier alpha value is -3.40. The zero-order valence-electron chi connectivity index (χ0n) is 23.5. The predicted octanol–water partition coefficient (Wildman–Crippen LogP) is 6.73. The van der Waals surface area contributed by atoms with Gasteiger partial charge in [0.15, 0.2) is 11.9 Å². The lowest BCUT2D eigenvalue weighted by atomic mass is 9.79. The Bertz CT molecular complexity index is 1670. The number of piperidine rings is 1. The molecule has 2 saturated heterocycles. The van der Waals surface area contributed by atoms with Crippen molar-refractivity contribution < 1.29 is 9.47 Å². The van der Waals surface area contributed by atoms with E-state index in [0.29, 0.717) is 39.3 Å². The molecule has 5 heterocycles. The van der Waals surface area contributed by atoms with Gasteiger partial charge >= 0.3 is 0 Å². The fourth-order valence-corrected chi connectivity index (χ4v) is 6.43. The number of ether oxygens (including phenoxy) is 2. The van der Waals surface area contributed by atoms with E-state index >= 15 is 0 Å². The van der Waals surface area contributed by atoms with Crippen molar-refractivity contribution in [2.75, 3.05) is 31.2 Å². The Morgan fingerprint density at radius 3 is 2.79 bits per heavy atom. The highest BCUT2D eigenvalue weighted by Gasteiger charge is 2.35. The molecule has 2 aromatic heterocycles. The van der Waals surface area contributed by atoms with Crippen molar-refractivity contribution in [1.82, 2.24) is 19.7 Å². The van der Waals surface area contributed by atoms with E-state index in [1.807, 2.05) is 35.1 Å². The molecule has 0 saturated carbocycles. The second-order valence-electron chi connectivity index (χ2n) is 11.6. The summed E-state index contributed by atoms with van der Waals surface area (Å²) in [5.74, 6) is 2.42. The standard InChI is InChI=1S/C31H33Cl2N7O2/c1-31(30(34)36-20-8-9-23-19(17-20)10-16-41-23)11-13-39(14-12-31)24-18-35-28-27(21-5-4-6-22(32)26(21)33)38-40(29(28)37-24)25-7-2-3-15-42-25/h4-6,8-9,17-18,25H,2-3,7,10-16H2,1H3,(H2,34,36). The zero-order valence-corrected chi connectivity index (χ0v) is 25.0. The van der Waals surface area contributed by atoms with Gasteiger partial charge < -0.3 is 20.1 Å². The summed E-state index contributed by atoms with van der Waals surface area (Å²) < 4.78 is 13.6. The topological polar surface area (TPSA) is 104 Å². The molecule has 3 aliphatic rings. The maximum atomic E-state index is 6.63. The van der Waals surface area contributed by atoms with E-state index in [2.05, 4.69) is 17.9 Å². The Morgan fingerprint density at radius 1 is 1.12 bits per heavy atom. The molecule has 0 aliphatic carbocycles. The number of anilines is 1. The normalized spacial score (nSPS) is 20.5. The molecule has 2 N–H and O–H groups in total. The van der Waals surface area contributed by atoms with Gasteiger partial charge in [-0.1, -0.05) is 42.3 Å². The van der Waals surface area contributed by atoms with Crippen LogP contribution in [0.15, 0.2) is 47.6 Å². The van der Waals surface area contributed by atoms with Crippen LogP contribution in [0.5, 0.6) is 5.75 Å². The third-order valence-corrected chi connectivity index (χ3v) is 9.58. The first-order valence-corrected chi connectivity index (χ1v) is 15.3. The van der Waals surface area contributed by atoms with Crippen molar-refractivity contribution in [1.29, 1.82) is 0 Å². The molecule has 0 bridgehead atoms. The third kappa shape index (κ3) is 4.97. The first-order chi connectivity index (χ1) is 20.4. The molecule has 218 valence electrons. The van der Waals surface area contributed by atoms with Crippen LogP contribution in [0.2, 0.25) is 10.0 Å². The minimum Gasteiger partial charge on any atom is -0.493 e. The summed E-state index contributed by atoms with van der Waals surface area (Å²) in [6.45, 7) is 5.19. The van der Waals surface area contributed by atoms with Gasteiger partial charge in [0.05, 0.1) is 28.5 Å². The van der Waals surface area contributed by atoms with E-state index in [1.54, 1.807) is 6.07 Å². The summed E-state index contributed by atoms with van der Waals surface area (Å²) in [6.07, 6.45) is 7.21. The van der Waals surface area contributed by atoms with E-state index in [0.717, 1.165) is 81.0 Å². The molecular formula is C31H33Cl2N7O2. The van der Waals surface area contributed by atoms with Crippen molar-refractivity contribution in [2.24, 2.45) is 16.1 Å². The molecule has 1 atom stereocenters. The molecule has 2 fully saturated rings. The summed E-state index contributed by atoms with van der Waals surface area (Å²) in [5, 5.41) is 5.86. The van der Waals surface area contributed by atoms with Gasteiger partial charge in [0.1, 0.15) is 28.6 Å². The summed E-state index contributed by atoms with van der Waals surface area (Å²) in [7, 11) is 0. The van der Waals surface area contributed by atoms with E-state index < -0.39 is 0 Å². The van der Waals surface area contributed by atoms with Crippen LogP contribution in [0, 0.1) is 5.41 Å². The molecule has 9 nitrogen and oxygen atoms in total. The maximum Gasteiger partial charge on any atom is 0.182 e. The van der Waals surface area contributed by atoms with Crippen LogP contribution in [0.25, 0.3) is 22.4 Å². The van der Waals surface area contributed by atoms with Crippen molar-refractivity contribution in [3.8, 4) is 17.0 Å². The molecule has 3 aliphatic heterocycles. The van der Waals surface area contributed by atoms with E-state index in [4.69, 9.17) is 58.5 Å². The lowest BCUT2D eigenvalue weighted by molar-refractivity contribution is -0.0368. The molecule has 2 aromatic carbocycles. The lowest BCUT2D eigenvalue weighted by Gasteiger charge is -2.39. The summed E-state index contributed by atoms with van der Waals surface area (Å²) in [5.41, 5.74) is 11.2. The molecule has 1 unspecified atom stereocenters. The van der Waals surface area contributed by atoms with Gasteiger partial charge in [0.2, 0.25) is 0 Å². The van der Waals surface area contributed by atoms with Gasteiger partial charge in [-0.05, 0) is 61.9 Å². The van der Waals surface area contributed by atoms with Gasteiger partial charge in [-0.15, -0.1) is 0 Å². The second-order valence-corrected chi connectivity index (χ2v) is 12.3. The fraction of sp³-hybridized carbons (Fsp3) is 0.419. The van der Waals surface area contributed by atoms with Crippen LogP contribution in [-0.2, 0) is 11.2 Å². The van der Waals surface area contributed by atoms with Crippen molar-refractivity contribution in [3.05, 3.63) is 58.2 Å². The highest BCUT2D eigenvalue weighted by molar-refractivity contribution is 6.43. The Kier molecular flexibility index (Phi) is 7.20. The van der Waals surface area contributed by atoms with Crippen molar-refractivity contribution >= 4 is 51.7 Å². The Balaban J connectivity index is 1.16. The van der Waals surface area contributed by atoms with E-state index in [1.165, 1.54) is 5.56 Å². The van der Waals surface area contributed by atoms with Crippen LogP contribution < -0.4 is 15.4 Å². The average molecular weight is 607 g/mol. The molecule has 0 radical (unpaired) electrons. The van der Waals surface area contributed by atoms with Crippen LogP contribution >= 0.6 is 23.2 Å². The van der Waals surface area contributed by atoms with Gasteiger partial charge in [-0.2, -0.15) is 5.10 Å². The SMILES string of the molecule is CC1(C(N)=Nc2ccc3c(c2)CCO3)CCN(c2cnc3c(-c4cccc(Cl)c4Cl)nn(C4CCCCO4)c3n2)CC1. The molecule has 11 heteroatoms. The number of nitrogens with two attached hydrogens (primary N) is 1. The molecule has 42 heavy (non-hydrogen) atoms. The predicted molar refractivity (Wildman–Crippen MR) is 166 cm³/mol. The third-order valence-electron chi connectivity index (χ3n) is 8.76. The molecule has 7 rings (SSSR count). The smallest absolute Gasteiger partial charge is 0.182 e. The minimum atomic E-state index is -0.211. The second kappa shape index (κ2) is 11.0. The number of hydrogen-bond acceptors (Lipinski definition) is 7. The largest absolute Gasteiger partial charge is 0.493 e. The summed E-state index contributed by atoms with van der Waals surface area (Å²) in [4.78, 5) is 17.1. The van der Waals surface area contributed by atoms with Crippen LogP contribution in [0.4, 0.5) is 11.5 Å². The van der Waals surface area contributed by atoms with E-state index in [-0.39, 0.29) is 11.6 Å². The number of hydrogen-bond donors (Lipinski definition) is 1. The van der Waals surface area contributed by atoms with Gasteiger partial charge in [-0.25, -0.2) is 19.6 Å². The fourth-order valence-electron chi connectivity index (χ4n) is 6.04. The molecule has 4 aromatic rings. The number of aliphatic imine (C=N–C) groups is 1. The highest BCUT2D eigenvalue weighted by Crippen LogP contribution is 2.39. The molecular weight excluding hydrogens is 573 g/mol. The number of fused-ring (bicyclic) bond motifs is 2. The lowest BCUT2D eigenvalue weighted by Crippen LogP contribution is -2.45. The first-order valence-electron chi connectivity index (χ1n) is 14.6. The van der Waals surface area contributed by atoms with Crippen LogP contribution in [0.1, 0.15) is 50.8 Å². The number of amidine groups is 1. The molecule has 0 spiro atoms. The average Bonchev–Trinajstić information content (AvgIpc) is 3.64. The van der Waals surface area contributed by atoms with Crippen LogP contribution in [-0.4, -0.2) is 51.9 Å². The number of benzene rings is 2. The molecule has 0 amide bonds. The number of aromatic nitrogens is 4. The number of rotatable bonds is 5. The zero-order chi connectivity index (χ0) is 28.8. The number of nitrogens with zero attached hydrogens (tertiary/aromatic N) is 6. The van der Waals surface area contributed by atoms with Gasteiger partial charge in [0.25, 0.3) is 0 Å². The highest BCUT2D eigenvalue weighted by atomic mass is 35.5.